The Morgan fingerprint density at radius 1 is 1.50 bits per heavy atom. The Morgan fingerprint density at radius 3 is 2.60 bits per heavy atom. The van der Waals surface area contributed by atoms with Gasteiger partial charge in [-0.3, -0.25) is 0 Å². The summed E-state index contributed by atoms with van der Waals surface area (Å²) < 4.78 is 4.87. The normalized spacial score (nSPS) is 25.9. The monoisotopic (exact) mass is 142 g/mol. The lowest BCUT2D eigenvalue weighted by atomic mass is 10.2. The number of hydrogen-bond donors (Lipinski definition) is 2. The van der Waals surface area contributed by atoms with Crippen LogP contribution in [0.3, 0.4) is 0 Å². The van der Waals surface area contributed by atoms with Crippen LogP contribution in [-0.4, -0.2) is 16.5 Å². The van der Waals surface area contributed by atoms with Gasteiger partial charge in [0.2, 0.25) is 6.29 Å². The number of hydrogen-bond acceptors (Lipinski definition) is 3. The van der Waals surface area contributed by atoms with Gasteiger partial charge in [0.05, 0.1) is 0 Å². The van der Waals surface area contributed by atoms with E-state index in [2.05, 4.69) is 0 Å². The number of rotatable bonds is 0. The Kier molecular flexibility index (Phi) is 1.68. The molecule has 2 N–H and O–H groups in total. The van der Waals surface area contributed by atoms with Gasteiger partial charge in [0.25, 0.3) is 0 Å². The molecule has 0 saturated heterocycles. The molecule has 0 bridgehead atoms. The molecule has 0 spiro atoms. The van der Waals surface area contributed by atoms with Crippen molar-refractivity contribution < 1.29 is 14.9 Å². The van der Waals surface area contributed by atoms with Crippen molar-refractivity contribution in [3.05, 3.63) is 23.2 Å². The first-order valence-corrected chi connectivity index (χ1v) is 3.04. The zero-order valence-electron chi connectivity index (χ0n) is 5.96. The summed E-state index contributed by atoms with van der Waals surface area (Å²) in [7, 11) is 0. The molecule has 0 amide bonds. The molecular formula is C7H10O3. The van der Waals surface area contributed by atoms with E-state index in [0.29, 0.717) is 11.3 Å². The highest BCUT2D eigenvalue weighted by Gasteiger charge is 2.14. The summed E-state index contributed by atoms with van der Waals surface area (Å²) >= 11 is 0. The van der Waals surface area contributed by atoms with Crippen LogP contribution in [-0.2, 0) is 4.74 Å². The van der Waals surface area contributed by atoms with E-state index in [0.717, 1.165) is 0 Å². The van der Waals surface area contributed by atoms with Gasteiger partial charge < -0.3 is 14.9 Å². The third-order valence-corrected chi connectivity index (χ3v) is 1.51. The van der Waals surface area contributed by atoms with Crippen molar-refractivity contribution in [1.29, 1.82) is 0 Å². The van der Waals surface area contributed by atoms with Crippen LogP contribution in [0.15, 0.2) is 23.2 Å². The third kappa shape index (κ3) is 1.14. The van der Waals surface area contributed by atoms with Crippen LogP contribution < -0.4 is 0 Å². The topological polar surface area (TPSA) is 49.7 Å². The van der Waals surface area contributed by atoms with E-state index >= 15 is 0 Å². The van der Waals surface area contributed by atoms with E-state index in [9.17, 15) is 0 Å². The van der Waals surface area contributed by atoms with Crippen LogP contribution in [0.1, 0.15) is 13.8 Å². The molecule has 3 nitrogen and oxygen atoms in total. The van der Waals surface area contributed by atoms with Crippen molar-refractivity contribution in [1.82, 2.24) is 0 Å². The molecule has 0 aliphatic carbocycles. The third-order valence-electron chi connectivity index (χ3n) is 1.51. The highest BCUT2D eigenvalue weighted by Crippen LogP contribution is 2.19. The zero-order valence-corrected chi connectivity index (χ0v) is 5.96. The van der Waals surface area contributed by atoms with Crippen LogP contribution in [0.4, 0.5) is 0 Å². The molecule has 1 aliphatic heterocycles. The maximum atomic E-state index is 9.08. The van der Waals surface area contributed by atoms with Gasteiger partial charge in [0.1, 0.15) is 11.5 Å². The predicted molar refractivity (Wildman–Crippen MR) is 36.2 cm³/mol. The molecule has 1 unspecified atom stereocenters. The first-order valence-electron chi connectivity index (χ1n) is 3.04. The van der Waals surface area contributed by atoms with Crippen molar-refractivity contribution in [3.63, 3.8) is 0 Å². The summed E-state index contributed by atoms with van der Waals surface area (Å²) in [5, 5.41) is 18.0. The average molecular weight is 142 g/mol. The van der Waals surface area contributed by atoms with Crippen LogP contribution >= 0.6 is 0 Å². The summed E-state index contributed by atoms with van der Waals surface area (Å²) in [6.45, 7) is 3.43. The minimum Gasteiger partial charge on any atom is -0.508 e. The fraction of sp³-hybridized carbons (Fsp3) is 0.429. The fourth-order valence-electron chi connectivity index (χ4n) is 0.744. The highest BCUT2D eigenvalue weighted by molar-refractivity contribution is 5.28. The van der Waals surface area contributed by atoms with Crippen molar-refractivity contribution in [3.8, 4) is 0 Å². The van der Waals surface area contributed by atoms with Crippen molar-refractivity contribution in [2.24, 2.45) is 0 Å². The van der Waals surface area contributed by atoms with Gasteiger partial charge in [-0.05, 0) is 13.8 Å². The summed E-state index contributed by atoms with van der Waals surface area (Å²) in [6.07, 6.45) is 0.256. The standard InChI is InChI=1S/C7H10O3/c1-4-5(2)10-7(9)3-6(4)8/h3,7-9H,1-2H3. The average Bonchev–Trinajstić information content (AvgIpc) is 1.82. The summed E-state index contributed by atoms with van der Waals surface area (Å²) in [5.41, 5.74) is 0.672. The second-order valence-corrected chi connectivity index (χ2v) is 2.24. The van der Waals surface area contributed by atoms with E-state index in [1.807, 2.05) is 0 Å². The van der Waals surface area contributed by atoms with Gasteiger partial charge >= 0.3 is 0 Å². The van der Waals surface area contributed by atoms with Gasteiger partial charge in [-0.1, -0.05) is 0 Å². The van der Waals surface area contributed by atoms with Crippen LogP contribution in [0.25, 0.3) is 0 Å². The van der Waals surface area contributed by atoms with E-state index < -0.39 is 6.29 Å². The molecule has 10 heavy (non-hydrogen) atoms. The maximum Gasteiger partial charge on any atom is 0.220 e. The van der Waals surface area contributed by atoms with E-state index in [4.69, 9.17) is 14.9 Å². The molecule has 1 aliphatic rings. The number of ether oxygens (including phenoxy) is 1. The quantitative estimate of drug-likeness (QED) is 0.532. The van der Waals surface area contributed by atoms with Crippen molar-refractivity contribution in [2.45, 2.75) is 20.1 Å². The van der Waals surface area contributed by atoms with Crippen LogP contribution in [0.5, 0.6) is 0 Å². The number of aliphatic hydroxyl groups is 2. The molecule has 0 aromatic carbocycles. The van der Waals surface area contributed by atoms with E-state index in [1.165, 1.54) is 6.08 Å². The van der Waals surface area contributed by atoms with E-state index in [1.54, 1.807) is 13.8 Å². The molecule has 56 valence electrons. The number of aliphatic hydroxyl groups excluding tert-OH is 2. The molecule has 0 fully saturated rings. The van der Waals surface area contributed by atoms with Gasteiger partial charge in [-0.15, -0.1) is 0 Å². The summed E-state index contributed by atoms with van der Waals surface area (Å²) in [5.74, 6) is 0.656. The van der Waals surface area contributed by atoms with Gasteiger partial charge in [-0.25, -0.2) is 0 Å². The first-order chi connectivity index (χ1) is 4.61. The predicted octanol–water partition coefficient (Wildman–Crippen LogP) is 1.07. The van der Waals surface area contributed by atoms with Gasteiger partial charge in [0, 0.05) is 11.6 Å². The molecule has 0 aromatic rings. The Labute approximate surface area is 59.2 Å². The van der Waals surface area contributed by atoms with Crippen molar-refractivity contribution >= 4 is 0 Å². The largest absolute Gasteiger partial charge is 0.508 e. The molecule has 0 aromatic heterocycles. The van der Waals surface area contributed by atoms with Crippen LogP contribution in [0, 0.1) is 0 Å². The van der Waals surface area contributed by atoms with Crippen LogP contribution in [0.2, 0.25) is 0 Å². The minimum atomic E-state index is -0.997. The first kappa shape index (κ1) is 7.15. The summed E-state index contributed by atoms with van der Waals surface area (Å²) in [4.78, 5) is 0. The molecule has 1 rings (SSSR count). The molecule has 0 saturated carbocycles. The summed E-state index contributed by atoms with van der Waals surface area (Å²) in [6, 6.07) is 0. The Morgan fingerprint density at radius 2 is 2.10 bits per heavy atom. The molecule has 1 heterocycles. The van der Waals surface area contributed by atoms with Crippen molar-refractivity contribution in [2.75, 3.05) is 0 Å². The lowest BCUT2D eigenvalue weighted by molar-refractivity contribution is -0.0333. The molecule has 3 heteroatoms. The Balaban J connectivity index is 2.90. The molecular weight excluding hydrogens is 132 g/mol. The van der Waals surface area contributed by atoms with E-state index in [-0.39, 0.29) is 5.76 Å². The second kappa shape index (κ2) is 2.34. The Bertz CT molecular complexity index is 203. The second-order valence-electron chi connectivity index (χ2n) is 2.24. The minimum absolute atomic E-state index is 0.0938. The molecule has 1 atom stereocenters. The maximum absolute atomic E-state index is 9.08. The number of allylic oxidation sites excluding steroid dienone is 2. The zero-order chi connectivity index (χ0) is 7.72. The Hall–Kier alpha value is -0.960. The lowest BCUT2D eigenvalue weighted by Gasteiger charge is -2.18. The lowest BCUT2D eigenvalue weighted by Crippen LogP contribution is -2.14. The SMILES string of the molecule is CC1=C(C)C(O)=CC(O)O1. The highest BCUT2D eigenvalue weighted by atomic mass is 16.6. The fourth-order valence-corrected chi connectivity index (χ4v) is 0.744. The van der Waals surface area contributed by atoms with Gasteiger partial charge in [-0.2, -0.15) is 0 Å². The molecule has 0 radical (unpaired) electrons. The van der Waals surface area contributed by atoms with Gasteiger partial charge in [0.15, 0.2) is 0 Å². The smallest absolute Gasteiger partial charge is 0.220 e.